The number of fused-ring (bicyclic) bond motifs is 2. The Morgan fingerprint density at radius 3 is 2.44 bits per heavy atom. The first-order valence-electron chi connectivity index (χ1n) is 13.0. The third kappa shape index (κ3) is 4.79. The van der Waals surface area contributed by atoms with E-state index in [0.29, 0.717) is 34.1 Å². The van der Waals surface area contributed by atoms with Crippen LogP contribution >= 0.6 is 15.9 Å². The molecule has 0 spiro atoms. The fourth-order valence-corrected chi connectivity index (χ4v) is 5.70. The van der Waals surface area contributed by atoms with Crippen molar-refractivity contribution in [2.75, 3.05) is 13.9 Å². The van der Waals surface area contributed by atoms with Gasteiger partial charge in [0.2, 0.25) is 6.79 Å². The molecule has 6 rings (SSSR count). The highest BCUT2D eigenvalue weighted by atomic mass is 79.9. The number of methoxy groups -OCH3 is 1. The van der Waals surface area contributed by atoms with E-state index in [2.05, 4.69) is 22.0 Å². The van der Waals surface area contributed by atoms with E-state index < -0.39 is 5.54 Å². The molecule has 0 aliphatic carbocycles. The number of benzene rings is 4. The van der Waals surface area contributed by atoms with E-state index in [4.69, 9.17) is 18.9 Å². The monoisotopic (exact) mass is 608 g/mol. The van der Waals surface area contributed by atoms with Crippen LogP contribution in [0.15, 0.2) is 95.6 Å². The lowest BCUT2D eigenvalue weighted by Gasteiger charge is -2.41. The van der Waals surface area contributed by atoms with Crippen LogP contribution < -0.4 is 18.9 Å². The highest BCUT2D eigenvalue weighted by Gasteiger charge is 2.48. The molecule has 0 saturated heterocycles. The molecule has 0 fully saturated rings. The SMILES string of the molecule is COc1ccc2c(c1OCc1ccccc1)C(C#N)(Cc1cc3c(cc1Br)OCO3)N(C(=O)c1ccccc1)C=C2. The molecule has 7 nitrogen and oxygen atoms in total. The maximum absolute atomic E-state index is 14.1. The van der Waals surface area contributed by atoms with Gasteiger partial charge in [0.25, 0.3) is 5.91 Å². The van der Waals surface area contributed by atoms with E-state index in [9.17, 15) is 10.1 Å². The average Bonchev–Trinajstić information content (AvgIpc) is 3.47. The molecule has 4 aromatic carbocycles. The van der Waals surface area contributed by atoms with Crippen LogP contribution in [0.25, 0.3) is 6.08 Å². The van der Waals surface area contributed by atoms with Crippen LogP contribution in [-0.2, 0) is 18.6 Å². The Hall–Kier alpha value is -4.74. The van der Waals surface area contributed by atoms with Gasteiger partial charge in [0.15, 0.2) is 28.5 Å². The molecule has 1 amide bonds. The molecule has 2 aliphatic rings. The molecular formula is C33H25BrN2O5. The van der Waals surface area contributed by atoms with Gasteiger partial charge in [0, 0.05) is 28.2 Å². The maximum atomic E-state index is 14.1. The molecule has 8 heteroatoms. The summed E-state index contributed by atoms with van der Waals surface area (Å²) in [5.74, 6) is 1.74. The van der Waals surface area contributed by atoms with E-state index in [1.54, 1.807) is 37.6 Å². The molecule has 4 aromatic rings. The van der Waals surface area contributed by atoms with Crippen LogP contribution in [-0.4, -0.2) is 24.7 Å². The Morgan fingerprint density at radius 2 is 1.73 bits per heavy atom. The summed E-state index contributed by atoms with van der Waals surface area (Å²) in [6.45, 7) is 0.368. The van der Waals surface area contributed by atoms with Crippen molar-refractivity contribution in [3.05, 3.63) is 123 Å². The molecule has 0 radical (unpaired) electrons. The zero-order chi connectivity index (χ0) is 28.4. The van der Waals surface area contributed by atoms with Crippen LogP contribution in [0.3, 0.4) is 0 Å². The Balaban J connectivity index is 1.54. The minimum Gasteiger partial charge on any atom is -0.493 e. The second kappa shape index (κ2) is 11.0. The van der Waals surface area contributed by atoms with Gasteiger partial charge in [-0.3, -0.25) is 9.69 Å². The lowest BCUT2D eigenvalue weighted by Crippen LogP contribution is -2.49. The molecule has 0 N–H and O–H groups in total. The number of nitrogens with zero attached hydrogens (tertiary/aromatic N) is 2. The van der Waals surface area contributed by atoms with Crippen LogP contribution in [0.1, 0.15) is 32.6 Å². The zero-order valence-electron chi connectivity index (χ0n) is 22.2. The first kappa shape index (κ1) is 26.5. The number of amides is 1. The fourth-order valence-electron chi connectivity index (χ4n) is 5.23. The molecule has 0 aromatic heterocycles. The Bertz CT molecular complexity index is 1680. The van der Waals surface area contributed by atoms with Crippen molar-refractivity contribution in [1.29, 1.82) is 5.26 Å². The quantitative estimate of drug-likeness (QED) is 0.228. The number of hydrogen-bond acceptors (Lipinski definition) is 6. The molecule has 1 atom stereocenters. The lowest BCUT2D eigenvalue weighted by molar-refractivity contribution is 0.0691. The van der Waals surface area contributed by atoms with Crippen molar-refractivity contribution in [2.24, 2.45) is 0 Å². The number of hydrogen-bond donors (Lipinski definition) is 0. The molecular weight excluding hydrogens is 584 g/mol. The predicted molar refractivity (Wildman–Crippen MR) is 157 cm³/mol. The van der Waals surface area contributed by atoms with Crippen LogP contribution in [0, 0.1) is 11.3 Å². The van der Waals surface area contributed by atoms with Gasteiger partial charge >= 0.3 is 0 Å². The molecule has 0 saturated carbocycles. The first-order chi connectivity index (χ1) is 20.0. The number of rotatable bonds is 7. The zero-order valence-corrected chi connectivity index (χ0v) is 23.8. The van der Waals surface area contributed by atoms with Gasteiger partial charge in [-0.25, -0.2) is 0 Å². The van der Waals surface area contributed by atoms with Gasteiger partial charge in [0.1, 0.15) is 6.61 Å². The summed E-state index contributed by atoms with van der Waals surface area (Å²) in [6, 6.07) is 28.6. The second-order valence-corrected chi connectivity index (χ2v) is 10.5. The van der Waals surface area contributed by atoms with Gasteiger partial charge < -0.3 is 18.9 Å². The number of ether oxygens (including phenoxy) is 4. The number of halogens is 1. The fraction of sp³-hybridized carbons (Fsp3) is 0.152. The lowest BCUT2D eigenvalue weighted by atomic mass is 9.78. The third-order valence-electron chi connectivity index (χ3n) is 7.24. The van der Waals surface area contributed by atoms with Crippen molar-refractivity contribution < 1.29 is 23.7 Å². The summed E-state index contributed by atoms with van der Waals surface area (Å²) in [5, 5.41) is 11.1. The van der Waals surface area contributed by atoms with E-state index in [-0.39, 0.29) is 25.7 Å². The summed E-state index contributed by atoms with van der Waals surface area (Å²) in [7, 11) is 1.56. The standard InChI is InChI=1S/C33H25BrN2O5/c1-38-27-13-12-23-14-15-36(32(37)24-10-6-3-7-11-24)33(20-35,18-25-16-28-29(17-26(25)34)41-21-40-28)30(23)31(27)39-19-22-8-4-2-5-9-22/h2-17H,18-19,21H2,1H3. The van der Waals surface area contributed by atoms with E-state index in [0.717, 1.165) is 21.2 Å². The van der Waals surface area contributed by atoms with Gasteiger partial charge in [-0.05, 0) is 53.1 Å². The Morgan fingerprint density at radius 1 is 1.02 bits per heavy atom. The van der Waals surface area contributed by atoms with Crippen molar-refractivity contribution in [2.45, 2.75) is 18.6 Å². The van der Waals surface area contributed by atoms with Crippen LogP contribution in [0.2, 0.25) is 0 Å². The minimum absolute atomic E-state index is 0.119. The van der Waals surface area contributed by atoms with Gasteiger partial charge in [0.05, 0.1) is 13.2 Å². The summed E-state index contributed by atoms with van der Waals surface area (Å²) >= 11 is 3.66. The first-order valence-corrected chi connectivity index (χ1v) is 13.8. The highest BCUT2D eigenvalue weighted by Crippen LogP contribution is 2.49. The summed E-state index contributed by atoms with van der Waals surface area (Å²) in [4.78, 5) is 15.6. The molecule has 2 heterocycles. The van der Waals surface area contributed by atoms with Gasteiger partial charge in [-0.15, -0.1) is 0 Å². The molecule has 41 heavy (non-hydrogen) atoms. The summed E-state index contributed by atoms with van der Waals surface area (Å²) < 4.78 is 24.1. The van der Waals surface area contributed by atoms with Crippen LogP contribution in [0.4, 0.5) is 0 Å². The average molecular weight is 609 g/mol. The van der Waals surface area contributed by atoms with Gasteiger partial charge in [-0.1, -0.05) is 70.5 Å². The number of nitriles is 1. The third-order valence-corrected chi connectivity index (χ3v) is 7.98. The van der Waals surface area contributed by atoms with E-state index >= 15 is 0 Å². The molecule has 2 aliphatic heterocycles. The molecule has 1 unspecified atom stereocenters. The van der Waals surface area contributed by atoms with Crippen LogP contribution in [0.5, 0.6) is 23.0 Å². The second-order valence-electron chi connectivity index (χ2n) is 9.64. The highest BCUT2D eigenvalue weighted by molar-refractivity contribution is 9.10. The number of carbonyl (C=O) groups is 1. The topological polar surface area (TPSA) is 81.0 Å². The summed E-state index contributed by atoms with van der Waals surface area (Å²) in [6.07, 6.45) is 3.63. The maximum Gasteiger partial charge on any atom is 0.259 e. The van der Waals surface area contributed by atoms with Crippen molar-refractivity contribution in [1.82, 2.24) is 4.90 Å². The Kier molecular flexibility index (Phi) is 7.12. The van der Waals surface area contributed by atoms with Crippen molar-refractivity contribution in [3.63, 3.8) is 0 Å². The molecule has 204 valence electrons. The van der Waals surface area contributed by atoms with E-state index in [1.165, 1.54) is 4.90 Å². The van der Waals surface area contributed by atoms with Crippen molar-refractivity contribution in [3.8, 4) is 29.1 Å². The summed E-state index contributed by atoms with van der Waals surface area (Å²) in [5.41, 5.74) is 1.97. The largest absolute Gasteiger partial charge is 0.493 e. The Labute approximate surface area is 246 Å². The van der Waals surface area contributed by atoms with Gasteiger partial charge in [-0.2, -0.15) is 5.26 Å². The molecule has 0 bridgehead atoms. The van der Waals surface area contributed by atoms with Crippen molar-refractivity contribution >= 4 is 27.9 Å². The predicted octanol–water partition coefficient (Wildman–Crippen LogP) is 6.85. The normalized spacial score (nSPS) is 16.6. The van der Waals surface area contributed by atoms with E-state index in [1.807, 2.05) is 66.7 Å². The minimum atomic E-state index is -1.51. The smallest absolute Gasteiger partial charge is 0.259 e. The number of carbonyl (C=O) groups excluding carboxylic acids is 1.